The van der Waals surface area contributed by atoms with E-state index in [0.717, 1.165) is 54.0 Å². The number of morpholine rings is 1. The van der Waals surface area contributed by atoms with Crippen LogP contribution in [0.25, 0.3) is 22.7 Å². The van der Waals surface area contributed by atoms with E-state index < -0.39 is 0 Å². The Labute approximate surface area is 198 Å². The summed E-state index contributed by atoms with van der Waals surface area (Å²) in [5.41, 5.74) is 1.54. The van der Waals surface area contributed by atoms with Crippen molar-refractivity contribution in [2.75, 3.05) is 32.8 Å². The van der Waals surface area contributed by atoms with Crippen LogP contribution >= 0.6 is 58.5 Å². The molecule has 1 aromatic heterocycles. The first kappa shape index (κ1) is 22.0. The zero-order valence-electron chi connectivity index (χ0n) is 15.7. The van der Waals surface area contributed by atoms with E-state index in [1.807, 2.05) is 12.2 Å². The monoisotopic (exact) mass is 497 g/mol. The average Bonchev–Trinajstić information content (AvgIpc) is 3.27. The number of carbonyl (C=O) groups excluding carboxylic acids is 1. The molecule has 0 aliphatic carbocycles. The van der Waals surface area contributed by atoms with E-state index in [9.17, 15) is 4.79 Å². The van der Waals surface area contributed by atoms with E-state index in [0.29, 0.717) is 19.3 Å². The summed E-state index contributed by atoms with van der Waals surface area (Å²) in [5.74, 6) is -0.191. The summed E-state index contributed by atoms with van der Waals surface area (Å²) >= 11 is 20.3. The number of halogens is 2. The molecule has 5 nitrogen and oxygen atoms in total. The third-order valence-electron chi connectivity index (χ3n) is 4.49. The van der Waals surface area contributed by atoms with Gasteiger partial charge in [0.05, 0.1) is 33.7 Å². The number of hydrogen-bond acceptors (Lipinski definition) is 7. The van der Waals surface area contributed by atoms with Crippen molar-refractivity contribution in [3.05, 3.63) is 49.8 Å². The number of ether oxygens (including phenoxy) is 1. The number of aromatic nitrogens is 1. The molecule has 1 N–H and O–H groups in total. The van der Waals surface area contributed by atoms with Crippen molar-refractivity contribution in [3.63, 3.8) is 0 Å². The zero-order chi connectivity index (χ0) is 21.1. The molecule has 2 saturated heterocycles. The van der Waals surface area contributed by atoms with Gasteiger partial charge in [0.25, 0.3) is 5.91 Å². The van der Waals surface area contributed by atoms with Crippen LogP contribution in [0.15, 0.2) is 29.2 Å². The van der Waals surface area contributed by atoms with Crippen LogP contribution in [-0.2, 0) is 9.53 Å². The first-order valence-electron chi connectivity index (χ1n) is 9.17. The molecule has 156 valence electrons. The Bertz CT molecular complexity index is 1050. The Morgan fingerprint density at radius 1 is 1.30 bits per heavy atom. The Kier molecular flexibility index (Phi) is 7.25. The fourth-order valence-electron chi connectivity index (χ4n) is 2.98. The Morgan fingerprint density at radius 3 is 2.83 bits per heavy atom. The van der Waals surface area contributed by atoms with E-state index in [2.05, 4.69) is 16.3 Å². The van der Waals surface area contributed by atoms with Crippen LogP contribution in [0.4, 0.5) is 0 Å². The fourth-order valence-corrected chi connectivity index (χ4v) is 5.54. The maximum absolute atomic E-state index is 12.1. The fraction of sp³-hybridized carbons (Fsp3) is 0.250. The molecule has 0 radical (unpaired) electrons. The second-order valence-electron chi connectivity index (χ2n) is 6.56. The molecule has 10 heteroatoms. The third-order valence-corrected chi connectivity index (χ3v) is 7.27. The van der Waals surface area contributed by atoms with Crippen LogP contribution in [-0.4, -0.2) is 53.0 Å². The van der Waals surface area contributed by atoms with Crippen molar-refractivity contribution < 1.29 is 9.53 Å². The Hall–Kier alpha value is -1.26. The summed E-state index contributed by atoms with van der Waals surface area (Å²) in [6.45, 7) is 4.15. The van der Waals surface area contributed by atoms with E-state index in [1.54, 1.807) is 18.2 Å². The van der Waals surface area contributed by atoms with Crippen LogP contribution < -0.4 is 5.32 Å². The molecule has 0 unspecified atom stereocenters. The van der Waals surface area contributed by atoms with E-state index in [-0.39, 0.29) is 5.91 Å². The van der Waals surface area contributed by atoms with Crippen molar-refractivity contribution in [1.29, 1.82) is 0 Å². The van der Waals surface area contributed by atoms with Crippen LogP contribution in [0, 0.1) is 0 Å². The Morgan fingerprint density at radius 2 is 2.10 bits per heavy atom. The molecule has 2 fully saturated rings. The summed E-state index contributed by atoms with van der Waals surface area (Å²) in [6.07, 6.45) is 5.89. The van der Waals surface area contributed by atoms with Crippen LogP contribution in [0.3, 0.4) is 0 Å². The molecule has 2 aliphatic heterocycles. The van der Waals surface area contributed by atoms with Gasteiger partial charge in [-0.1, -0.05) is 53.3 Å². The summed E-state index contributed by atoms with van der Waals surface area (Å²) < 4.78 is 5.85. The quantitative estimate of drug-likeness (QED) is 0.465. The molecule has 3 heterocycles. The SMILES string of the molecule is O=C1NC(=S)SC1=Cc1sc(-c2cc(Cl)ccc2Cl)nc1C=CCN1CCOCC1. The van der Waals surface area contributed by atoms with Gasteiger partial charge in [0.15, 0.2) is 0 Å². The van der Waals surface area contributed by atoms with Gasteiger partial charge >= 0.3 is 0 Å². The number of hydrogen-bond donors (Lipinski definition) is 1. The smallest absolute Gasteiger partial charge is 0.263 e. The number of thiocarbonyl (C=S) groups is 1. The topological polar surface area (TPSA) is 54.5 Å². The maximum Gasteiger partial charge on any atom is 0.263 e. The van der Waals surface area contributed by atoms with Gasteiger partial charge in [0.2, 0.25) is 0 Å². The van der Waals surface area contributed by atoms with E-state index in [1.165, 1.54) is 23.1 Å². The van der Waals surface area contributed by atoms with Gasteiger partial charge < -0.3 is 10.1 Å². The van der Waals surface area contributed by atoms with Gasteiger partial charge in [-0.05, 0) is 30.4 Å². The highest BCUT2D eigenvalue weighted by Gasteiger charge is 2.23. The molecule has 30 heavy (non-hydrogen) atoms. The summed E-state index contributed by atoms with van der Waals surface area (Å²) in [7, 11) is 0. The molecular weight excluding hydrogens is 481 g/mol. The first-order valence-corrected chi connectivity index (χ1v) is 12.0. The van der Waals surface area contributed by atoms with Crippen molar-refractivity contribution in [1.82, 2.24) is 15.2 Å². The van der Waals surface area contributed by atoms with Crippen LogP contribution in [0.1, 0.15) is 10.6 Å². The van der Waals surface area contributed by atoms with Crippen molar-refractivity contribution >= 4 is 80.9 Å². The van der Waals surface area contributed by atoms with Gasteiger partial charge in [-0.3, -0.25) is 9.69 Å². The number of thioether (sulfide) groups is 1. The molecule has 0 bridgehead atoms. The largest absolute Gasteiger partial charge is 0.379 e. The normalized spacial score (nSPS) is 19.2. The maximum atomic E-state index is 12.1. The standard InChI is InChI=1S/C20H17Cl2N3O2S3/c21-12-3-4-14(22)13(10-12)19-23-15(2-1-5-25-6-8-27-9-7-25)16(29-19)11-17-18(26)24-20(28)30-17/h1-4,10-11H,5-9H2,(H,24,26,28). The molecule has 4 rings (SSSR count). The highest BCUT2D eigenvalue weighted by atomic mass is 35.5. The van der Waals surface area contributed by atoms with Crippen molar-refractivity contribution in [2.24, 2.45) is 0 Å². The molecule has 1 amide bonds. The second-order valence-corrected chi connectivity index (χ2v) is 10.2. The van der Waals surface area contributed by atoms with Crippen molar-refractivity contribution in [3.8, 4) is 10.6 Å². The first-order chi connectivity index (χ1) is 14.5. The summed E-state index contributed by atoms with van der Waals surface area (Å²) in [6, 6.07) is 5.30. The van der Waals surface area contributed by atoms with E-state index in [4.69, 9.17) is 45.1 Å². The molecule has 1 aromatic carbocycles. The highest BCUT2D eigenvalue weighted by Crippen LogP contribution is 2.37. The third kappa shape index (κ3) is 5.31. The molecule has 0 atom stereocenters. The lowest BCUT2D eigenvalue weighted by Crippen LogP contribution is -2.36. The molecule has 0 spiro atoms. The highest BCUT2D eigenvalue weighted by molar-refractivity contribution is 8.26. The Balaban J connectivity index is 1.66. The minimum atomic E-state index is -0.191. The number of carbonyl (C=O) groups is 1. The molecule has 0 saturated carbocycles. The van der Waals surface area contributed by atoms with Crippen LogP contribution in [0.2, 0.25) is 10.0 Å². The van der Waals surface area contributed by atoms with Crippen LogP contribution in [0.5, 0.6) is 0 Å². The number of benzene rings is 1. The number of nitrogens with one attached hydrogen (secondary N) is 1. The molecular formula is C20H17Cl2N3O2S3. The predicted molar refractivity (Wildman–Crippen MR) is 130 cm³/mol. The van der Waals surface area contributed by atoms with Gasteiger partial charge in [-0.25, -0.2) is 4.98 Å². The number of amides is 1. The van der Waals surface area contributed by atoms with E-state index >= 15 is 0 Å². The lowest BCUT2D eigenvalue weighted by molar-refractivity contribution is -0.115. The predicted octanol–water partition coefficient (Wildman–Crippen LogP) is 4.95. The molecule has 2 aromatic rings. The van der Waals surface area contributed by atoms with Gasteiger partial charge in [-0.15, -0.1) is 11.3 Å². The van der Waals surface area contributed by atoms with Gasteiger partial charge in [0.1, 0.15) is 9.33 Å². The minimum Gasteiger partial charge on any atom is -0.379 e. The lowest BCUT2D eigenvalue weighted by atomic mass is 10.2. The zero-order valence-corrected chi connectivity index (χ0v) is 19.7. The van der Waals surface area contributed by atoms with Crippen molar-refractivity contribution in [2.45, 2.75) is 0 Å². The minimum absolute atomic E-state index is 0.191. The van der Waals surface area contributed by atoms with Gasteiger partial charge in [0, 0.05) is 30.2 Å². The number of nitrogens with zero attached hydrogens (tertiary/aromatic N) is 2. The summed E-state index contributed by atoms with van der Waals surface area (Å²) in [4.78, 5) is 20.6. The van der Waals surface area contributed by atoms with Gasteiger partial charge in [-0.2, -0.15) is 0 Å². The average molecular weight is 498 g/mol. The lowest BCUT2D eigenvalue weighted by Gasteiger charge is -2.25. The molecule has 2 aliphatic rings. The second kappa shape index (κ2) is 9.91. The number of thiazole rings is 1. The summed E-state index contributed by atoms with van der Waals surface area (Å²) in [5, 5.41) is 4.55. The number of rotatable bonds is 5.